The van der Waals surface area contributed by atoms with Gasteiger partial charge in [0, 0.05) is 24.6 Å². The predicted molar refractivity (Wildman–Crippen MR) is 118 cm³/mol. The number of ether oxygens (including phenoxy) is 2. The van der Waals surface area contributed by atoms with E-state index in [0.717, 1.165) is 35.2 Å². The first-order chi connectivity index (χ1) is 14.7. The van der Waals surface area contributed by atoms with E-state index in [4.69, 9.17) is 9.47 Å². The summed E-state index contributed by atoms with van der Waals surface area (Å²) in [4.78, 5) is 29.0. The average molecular weight is 428 g/mol. The molecule has 2 saturated heterocycles. The van der Waals surface area contributed by atoms with E-state index < -0.39 is 0 Å². The van der Waals surface area contributed by atoms with Gasteiger partial charge in [-0.05, 0) is 12.5 Å². The van der Waals surface area contributed by atoms with Crippen LogP contribution in [0, 0.1) is 6.92 Å². The van der Waals surface area contributed by atoms with Crippen molar-refractivity contribution in [2.24, 2.45) is 4.99 Å². The summed E-state index contributed by atoms with van der Waals surface area (Å²) >= 11 is 1.88. The van der Waals surface area contributed by atoms with Crippen LogP contribution in [0.25, 0.3) is 0 Å². The van der Waals surface area contributed by atoms with Crippen LogP contribution in [-0.2, 0) is 11.3 Å². The van der Waals surface area contributed by atoms with Crippen molar-refractivity contribution in [3.05, 3.63) is 47.2 Å². The molecule has 0 bridgehead atoms. The molecule has 0 N–H and O–H groups in total. The normalized spacial score (nSPS) is 16.5. The van der Waals surface area contributed by atoms with Gasteiger partial charge in [-0.2, -0.15) is 9.97 Å². The average Bonchev–Trinajstić information content (AvgIpc) is 3.40. The number of cyclic esters (lactones) is 1. The molecule has 0 spiro atoms. The zero-order valence-electron chi connectivity index (χ0n) is 17.0. The van der Waals surface area contributed by atoms with Gasteiger partial charge in [-0.3, -0.25) is 4.99 Å². The van der Waals surface area contributed by atoms with Crippen LogP contribution in [0.2, 0.25) is 0 Å². The highest BCUT2D eigenvalue weighted by atomic mass is 32.2. The highest BCUT2D eigenvalue weighted by Gasteiger charge is 2.22. The Morgan fingerprint density at radius 3 is 3.00 bits per heavy atom. The number of hydrogen-bond donors (Lipinski definition) is 0. The second-order valence-electron chi connectivity index (χ2n) is 7.13. The maximum Gasteiger partial charge on any atom is 0.410 e. The van der Waals surface area contributed by atoms with Crippen molar-refractivity contribution >= 4 is 29.9 Å². The summed E-state index contributed by atoms with van der Waals surface area (Å²) < 4.78 is 10.7. The van der Waals surface area contributed by atoms with Gasteiger partial charge < -0.3 is 19.3 Å². The van der Waals surface area contributed by atoms with Crippen LogP contribution in [-0.4, -0.2) is 71.7 Å². The number of carbonyl (C=O) groups excluding carboxylic acids is 1. The van der Waals surface area contributed by atoms with E-state index >= 15 is 0 Å². The first-order valence-corrected chi connectivity index (χ1v) is 11.1. The highest BCUT2D eigenvalue weighted by molar-refractivity contribution is 7.99. The Balaban J connectivity index is 1.43. The van der Waals surface area contributed by atoms with Crippen molar-refractivity contribution in [3.8, 4) is 6.01 Å². The summed E-state index contributed by atoms with van der Waals surface area (Å²) in [5, 5.41) is 0. The molecule has 4 rings (SSSR count). The lowest BCUT2D eigenvalue weighted by molar-refractivity contribution is 0.152. The van der Waals surface area contributed by atoms with E-state index in [0.29, 0.717) is 38.9 Å². The summed E-state index contributed by atoms with van der Waals surface area (Å²) in [5.74, 6) is 2.84. The van der Waals surface area contributed by atoms with Crippen LogP contribution in [0.3, 0.4) is 0 Å². The van der Waals surface area contributed by atoms with Crippen molar-refractivity contribution in [2.75, 3.05) is 49.4 Å². The smallest absolute Gasteiger partial charge is 0.410 e. The van der Waals surface area contributed by atoms with Crippen LogP contribution in [0.15, 0.2) is 35.3 Å². The number of benzene rings is 1. The van der Waals surface area contributed by atoms with Crippen molar-refractivity contribution in [1.29, 1.82) is 0 Å². The maximum absolute atomic E-state index is 11.5. The Hall–Kier alpha value is -2.81. The molecular weight excluding hydrogens is 402 g/mol. The van der Waals surface area contributed by atoms with Gasteiger partial charge in [-0.25, -0.2) is 4.79 Å². The van der Waals surface area contributed by atoms with Gasteiger partial charge in [0.15, 0.2) is 0 Å². The van der Waals surface area contributed by atoms with Crippen molar-refractivity contribution in [1.82, 2.24) is 14.9 Å². The largest absolute Gasteiger partial charge is 0.462 e. The predicted octanol–water partition coefficient (Wildman–Crippen LogP) is 2.75. The minimum absolute atomic E-state index is 0.298. The van der Waals surface area contributed by atoms with Gasteiger partial charge in [0.05, 0.1) is 31.2 Å². The van der Waals surface area contributed by atoms with Gasteiger partial charge in [0.1, 0.15) is 19.0 Å². The molecule has 1 amide bonds. The lowest BCUT2D eigenvalue weighted by atomic mass is 10.1. The molecule has 2 aromatic rings. The molecule has 0 saturated carbocycles. The molecule has 0 aliphatic carbocycles. The van der Waals surface area contributed by atoms with E-state index in [2.05, 4.69) is 38.9 Å². The SMILES string of the molecule is Cc1cccc(C=NCc2cc(N3CCSC3)nc(OCCN3CCOC3=O)n2)c1. The van der Waals surface area contributed by atoms with Crippen molar-refractivity contribution in [3.63, 3.8) is 0 Å². The standard InChI is InChI=1S/C21H25N5O3S/c1-16-3-2-4-17(11-16)13-22-14-18-12-19(26-7-10-30-15-26)24-20(23-18)28-8-5-25-6-9-29-21(25)27/h2-4,11-13H,5-10,14-15H2,1H3. The molecule has 1 aromatic heterocycles. The van der Waals surface area contributed by atoms with Gasteiger partial charge in [0.2, 0.25) is 0 Å². The van der Waals surface area contributed by atoms with Gasteiger partial charge >= 0.3 is 12.1 Å². The molecule has 9 heteroatoms. The number of aliphatic imine (C=N–C) groups is 1. The fraction of sp³-hybridized carbons (Fsp3) is 0.429. The quantitative estimate of drug-likeness (QED) is 0.599. The van der Waals surface area contributed by atoms with E-state index in [1.807, 2.05) is 36.2 Å². The molecule has 158 valence electrons. The third-order valence-corrected chi connectivity index (χ3v) is 5.76. The number of aromatic nitrogens is 2. The third kappa shape index (κ3) is 5.41. The Morgan fingerprint density at radius 2 is 2.23 bits per heavy atom. The van der Waals surface area contributed by atoms with Gasteiger partial charge in [-0.15, -0.1) is 11.8 Å². The van der Waals surface area contributed by atoms with E-state index in [9.17, 15) is 4.79 Å². The number of amides is 1. The van der Waals surface area contributed by atoms with Gasteiger partial charge in [-0.1, -0.05) is 29.8 Å². The van der Waals surface area contributed by atoms with Crippen LogP contribution in [0.4, 0.5) is 10.6 Å². The maximum atomic E-state index is 11.5. The summed E-state index contributed by atoms with van der Waals surface area (Å²) in [6.07, 6.45) is 1.56. The third-order valence-electron chi connectivity index (χ3n) is 4.79. The molecule has 1 aromatic carbocycles. The van der Waals surface area contributed by atoms with E-state index in [-0.39, 0.29) is 6.09 Å². The Kier molecular flexibility index (Phi) is 6.68. The zero-order valence-corrected chi connectivity index (χ0v) is 17.8. The van der Waals surface area contributed by atoms with E-state index in [1.54, 1.807) is 4.90 Å². The Morgan fingerprint density at radius 1 is 1.30 bits per heavy atom. The fourth-order valence-corrected chi connectivity index (χ4v) is 4.19. The molecule has 2 fully saturated rings. The fourth-order valence-electron chi connectivity index (χ4n) is 3.23. The first kappa shape index (κ1) is 20.5. The number of hydrogen-bond acceptors (Lipinski definition) is 8. The first-order valence-electron chi connectivity index (χ1n) is 9.99. The molecule has 30 heavy (non-hydrogen) atoms. The number of rotatable bonds is 8. The summed E-state index contributed by atoms with van der Waals surface area (Å²) in [7, 11) is 0. The van der Waals surface area contributed by atoms with Crippen LogP contribution < -0.4 is 9.64 Å². The second kappa shape index (κ2) is 9.80. The summed E-state index contributed by atoms with van der Waals surface area (Å²) in [5.41, 5.74) is 3.07. The number of anilines is 1. The molecule has 0 unspecified atom stereocenters. The number of thioether (sulfide) groups is 1. The van der Waals surface area contributed by atoms with Crippen LogP contribution in [0.1, 0.15) is 16.8 Å². The minimum Gasteiger partial charge on any atom is -0.462 e. The monoisotopic (exact) mass is 427 g/mol. The van der Waals surface area contributed by atoms with Crippen molar-refractivity contribution < 1.29 is 14.3 Å². The van der Waals surface area contributed by atoms with Gasteiger partial charge in [0.25, 0.3) is 0 Å². The van der Waals surface area contributed by atoms with E-state index in [1.165, 1.54) is 5.56 Å². The Labute approximate surface area is 180 Å². The molecule has 0 atom stereocenters. The summed E-state index contributed by atoms with van der Waals surface area (Å²) in [6.45, 7) is 5.25. The zero-order chi connectivity index (χ0) is 20.8. The topological polar surface area (TPSA) is 80.1 Å². The van der Waals surface area contributed by atoms with Crippen molar-refractivity contribution in [2.45, 2.75) is 13.5 Å². The molecule has 2 aliphatic rings. The van der Waals surface area contributed by atoms with Crippen LogP contribution >= 0.6 is 11.8 Å². The molecule has 2 aliphatic heterocycles. The van der Waals surface area contributed by atoms with Crippen LogP contribution in [0.5, 0.6) is 6.01 Å². The molecule has 3 heterocycles. The highest BCUT2D eigenvalue weighted by Crippen LogP contribution is 2.23. The molecular formula is C21H25N5O3S. The lowest BCUT2D eigenvalue weighted by Crippen LogP contribution is -2.29. The lowest BCUT2D eigenvalue weighted by Gasteiger charge is -2.17. The molecule has 8 nitrogen and oxygen atoms in total. The number of aryl methyl sites for hydroxylation is 1. The Bertz CT molecular complexity index is 917. The number of carbonyl (C=O) groups is 1. The minimum atomic E-state index is -0.298. The second-order valence-corrected chi connectivity index (χ2v) is 8.21. The number of nitrogens with zero attached hydrogens (tertiary/aromatic N) is 5. The molecule has 0 radical (unpaired) electrons. The summed E-state index contributed by atoms with van der Waals surface area (Å²) in [6, 6.07) is 10.5.